The zero-order valence-electron chi connectivity index (χ0n) is 12.1. The Morgan fingerprint density at radius 3 is 2.48 bits per heavy atom. The number of nitro groups is 1. The zero-order valence-corrected chi connectivity index (χ0v) is 12.1. The lowest BCUT2D eigenvalue weighted by Gasteiger charge is -2.09. The minimum atomic E-state index is -0.389. The van der Waals surface area contributed by atoms with Gasteiger partial charge in [-0.25, -0.2) is 9.97 Å². The topological polar surface area (TPSA) is 106 Å². The summed E-state index contributed by atoms with van der Waals surface area (Å²) in [6.07, 6.45) is 4.90. The van der Waals surface area contributed by atoms with Gasteiger partial charge in [-0.05, 0) is 30.3 Å². The molecule has 0 aliphatic rings. The second-order valence-corrected chi connectivity index (χ2v) is 4.71. The van der Waals surface area contributed by atoms with Crippen molar-refractivity contribution < 1.29 is 4.92 Å². The Morgan fingerprint density at radius 2 is 1.70 bits per heavy atom. The molecule has 0 spiro atoms. The van der Waals surface area contributed by atoms with E-state index in [0.717, 1.165) is 0 Å². The first kappa shape index (κ1) is 14.6. The van der Waals surface area contributed by atoms with E-state index in [1.54, 1.807) is 48.9 Å². The van der Waals surface area contributed by atoms with Crippen LogP contribution in [0.1, 0.15) is 0 Å². The predicted molar refractivity (Wildman–Crippen MR) is 87.4 cm³/mol. The van der Waals surface area contributed by atoms with Crippen LogP contribution in [0.2, 0.25) is 0 Å². The van der Waals surface area contributed by atoms with Gasteiger partial charge in [-0.15, -0.1) is 0 Å². The molecule has 8 nitrogen and oxygen atoms in total. The maximum absolute atomic E-state index is 11.4. The van der Waals surface area contributed by atoms with Crippen molar-refractivity contribution in [1.29, 1.82) is 0 Å². The van der Waals surface area contributed by atoms with E-state index in [1.165, 1.54) is 0 Å². The number of anilines is 2. The number of hydrogen-bond donors (Lipinski definition) is 2. The van der Waals surface area contributed by atoms with Crippen molar-refractivity contribution in [3.8, 4) is 0 Å². The molecule has 0 amide bonds. The van der Waals surface area contributed by atoms with Crippen molar-refractivity contribution >= 4 is 28.2 Å². The number of benzene rings is 1. The molecule has 2 heterocycles. The molecule has 0 bridgehead atoms. The Bertz CT molecular complexity index is 825. The highest BCUT2D eigenvalue weighted by atomic mass is 16.6. The second kappa shape index (κ2) is 6.65. The molecule has 23 heavy (non-hydrogen) atoms. The summed E-state index contributed by atoms with van der Waals surface area (Å²) in [5, 5.41) is 18.0. The number of nitro benzene ring substituents is 1. The van der Waals surface area contributed by atoms with Crippen LogP contribution in [0.15, 0.2) is 48.9 Å². The molecule has 2 aromatic heterocycles. The summed E-state index contributed by atoms with van der Waals surface area (Å²) < 4.78 is 0. The molecule has 1 aromatic carbocycles. The van der Waals surface area contributed by atoms with E-state index in [1.807, 2.05) is 0 Å². The van der Waals surface area contributed by atoms with Gasteiger partial charge in [-0.1, -0.05) is 0 Å². The highest BCUT2D eigenvalue weighted by Gasteiger charge is 2.18. The van der Waals surface area contributed by atoms with Gasteiger partial charge in [0.15, 0.2) is 0 Å². The maximum atomic E-state index is 11.4. The highest BCUT2D eigenvalue weighted by Crippen LogP contribution is 2.32. The minimum Gasteiger partial charge on any atom is -0.378 e. The van der Waals surface area contributed by atoms with Crippen molar-refractivity contribution in [3.05, 3.63) is 59.0 Å². The lowest BCUT2D eigenvalue weighted by atomic mass is 10.1. The lowest BCUT2D eigenvalue weighted by Crippen LogP contribution is -2.15. The van der Waals surface area contributed by atoms with E-state index >= 15 is 0 Å². The zero-order chi connectivity index (χ0) is 16.1. The van der Waals surface area contributed by atoms with Gasteiger partial charge >= 0.3 is 5.69 Å². The average Bonchev–Trinajstić information content (AvgIpc) is 2.59. The quantitative estimate of drug-likeness (QED) is 0.409. The summed E-state index contributed by atoms with van der Waals surface area (Å²) in [6.45, 7) is 1.02. The van der Waals surface area contributed by atoms with Crippen LogP contribution in [-0.4, -0.2) is 33.0 Å². The van der Waals surface area contributed by atoms with Gasteiger partial charge in [-0.2, -0.15) is 0 Å². The fraction of sp³-hybridized carbons (Fsp3) is 0.133. The third-order valence-corrected chi connectivity index (χ3v) is 3.23. The molecule has 0 fully saturated rings. The molecule has 0 saturated heterocycles. The van der Waals surface area contributed by atoms with Crippen molar-refractivity contribution in [3.63, 3.8) is 0 Å². The van der Waals surface area contributed by atoms with Gasteiger partial charge in [0.2, 0.25) is 5.95 Å². The molecule has 0 aliphatic carbocycles. The van der Waals surface area contributed by atoms with E-state index in [9.17, 15) is 10.1 Å². The molecule has 0 unspecified atom stereocenters. The Labute approximate surface area is 131 Å². The van der Waals surface area contributed by atoms with Gasteiger partial charge in [0.05, 0.1) is 15.8 Å². The molecule has 0 atom stereocenters. The van der Waals surface area contributed by atoms with E-state index in [-0.39, 0.29) is 10.6 Å². The van der Waals surface area contributed by atoms with Crippen molar-refractivity contribution in [1.82, 2.24) is 15.0 Å². The summed E-state index contributed by atoms with van der Waals surface area (Å²) in [7, 11) is 0. The van der Waals surface area contributed by atoms with E-state index in [4.69, 9.17) is 0 Å². The van der Waals surface area contributed by atoms with Gasteiger partial charge in [-0.3, -0.25) is 15.1 Å². The molecule has 2 N–H and O–H groups in total. The fourth-order valence-corrected chi connectivity index (χ4v) is 2.24. The van der Waals surface area contributed by atoms with Crippen molar-refractivity contribution in [2.24, 2.45) is 0 Å². The predicted octanol–water partition coefficient (Wildman–Crippen LogP) is 2.46. The minimum absolute atomic E-state index is 0.0339. The first-order valence-corrected chi connectivity index (χ1v) is 7.02. The summed E-state index contributed by atoms with van der Waals surface area (Å²) >= 11 is 0. The Balaban J connectivity index is 1.72. The van der Waals surface area contributed by atoms with Crippen LogP contribution in [0.5, 0.6) is 0 Å². The molecule has 8 heteroatoms. The summed E-state index contributed by atoms with van der Waals surface area (Å²) in [5.74, 6) is 0.520. The van der Waals surface area contributed by atoms with E-state index in [2.05, 4.69) is 25.6 Å². The van der Waals surface area contributed by atoms with Crippen LogP contribution in [0.3, 0.4) is 0 Å². The number of aromatic nitrogens is 3. The number of nitrogens with zero attached hydrogens (tertiary/aromatic N) is 4. The SMILES string of the molecule is O=[N+]([O-])c1c(NCCNc2ncccn2)ccc2ncccc12. The summed E-state index contributed by atoms with van der Waals surface area (Å²) in [6, 6.07) is 8.55. The first-order valence-electron chi connectivity index (χ1n) is 7.02. The smallest absolute Gasteiger partial charge is 0.301 e. The number of fused-ring (bicyclic) bond motifs is 1. The molecule has 116 valence electrons. The second-order valence-electron chi connectivity index (χ2n) is 4.71. The number of rotatable bonds is 6. The standard InChI is InChI=1S/C15H14N6O2/c22-21(23)14-11-3-1-6-16-12(11)4-5-13(14)17-9-10-20-15-18-7-2-8-19-15/h1-8,17H,9-10H2,(H,18,19,20). The number of pyridine rings is 1. The van der Waals surface area contributed by atoms with Gasteiger partial charge < -0.3 is 10.6 Å². The molecule has 0 radical (unpaired) electrons. The molecular weight excluding hydrogens is 296 g/mol. The first-order chi connectivity index (χ1) is 11.3. The van der Waals surface area contributed by atoms with Crippen LogP contribution in [0.4, 0.5) is 17.3 Å². The van der Waals surface area contributed by atoms with Crippen LogP contribution >= 0.6 is 0 Å². The normalized spacial score (nSPS) is 10.4. The Morgan fingerprint density at radius 1 is 0.957 bits per heavy atom. The van der Waals surface area contributed by atoms with Crippen LogP contribution in [-0.2, 0) is 0 Å². The van der Waals surface area contributed by atoms with E-state index in [0.29, 0.717) is 35.6 Å². The van der Waals surface area contributed by atoms with Gasteiger partial charge in [0.25, 0.3) is 0 Å². The highest BCUT2D eigenvalue weighted by molar-refractivity contribution is 5.94. The lowest BCUT2D eigenvalue weighted by molar-refractivity contribution is -0.382. The van der Waals surface area contributed by atoms with Crippen molar-refractivity contribution in [2.75, 3.05) is 23.7 Å². The summed E-state index contributed by atoms with van der Waals surface area (Å²) in [5.41, 5.74) is 1.10. The molecule has 3 rings (SSSR count). The van der Waals surface area contributed by atoms with Gasteiger partial charge in [0.1, 0.15) is 5.69 Å². The van der Waals surface area contributed by atoms with Gasteiger partial charge in [0, 0.05) is 31.7 Å². The Kier molecular flexibility index (Phi) is 4.23. The van der Waals surface area contributed by atoms with Crippen LogP contribution in [0.25, 0.3) is 10.9 Å². The average molecular weight is 310 g/mol. The number of nitrogens with one attached hydrogen (secondary N) is 2. The number of hydrogen-bond acceptors (Lipinski definition) is 7. The van der Waals surface area contributed by atoms with Crippen LogP contribution in [0, 0.1) is 10.1 Å². The maximum Gasteiger partial charge on any atom is 0.301 e. The van der Waals surface area contributed by atoms with Crippen molar-refractivity contribution in [2.45, 2.75) is 0 Å². The largest absolute Gasteiger partial charge is 0.378 e. The summed E-state index contributed by atoms with van der Waals surface area (Å²) in [4.78, 5) is 23.2. The molecular formula is C15H14N6O2. The monoisotopic (exact) mass is 310 g/mol. The molecule has 0 saturated carbocycles. The Hall–Kier alpha value is -3.29. The third-order valence-electron chi connectivity index (χ3n) is 3.23. The fourth-order valence-electron chi connectivity index (χ4n) is 2.24. The molecule has 3 aromatic rings. The molecule has 0 aliphatic heterocycles. The van der Waals surface area contributed by atoms with E-state index < -0.39 is 0 Å². The van der Waals surface area contributed by atoms with Crippen LogP contribution < -0.4 is 10.6 Å². The third kappa shape index (κ3) is 3.31.